The van der Waals surface area contributed by atoms with Crippen LogP contribution in [-0.4, -0.2) is 31.8 Å². The zero-order chi connectivity index (χ0) is 20.3. The third-order valence-electron chi connectivity index (χ3n) is 3.89. The first kappa shape index (κ1) is 18.7. The third-order valence-corrected chi connectivity index (χ3v) is 3.89. The van der Waals surface area contributed by atoms with Gasteiger partial charge in [-0.05, 0) is 31.2 Å². The van der Waals surface area contributed by atoms with Crippen molar-refractivity contribution in [3.63, 3.8) is 0 Å². The molecule has 10 nitrogen and oxygen atoms in total. The fourth-order valence-electron chi connectivity index (χ4n) is 2.47. The topological polar surface area (TPSA) is 143 Å². The number of benzene rings is 2. The van der Waals surface area contributed by atoms with E-state index in [1.54, 1.807) is 31.2 Å². The summed E-state index contributed by atoms with van der Waals surface area (Å²) in [6.45, 7) is 1.24. The van der Waals surface area contributed by atoms with Gasteiger partial charge in [-0.3, -0.25) is 14.9 Å². The van der Waals surface area contributed by atoms with Crippen LogP contribution in [0.3, 0.4) is 0 Å². The maximum absolute atomic E-state index is 12.4. The van der Waals surface area contributed by atoms with Crippen LogP contribution in [0.1, 0.15) is 32.1 Å². The Balaban J connectivity index is 1.79. The maximum Gasteiger partial charge on any atom is 0.361 e. The van der Waals surface area contributed by atoms with E-state index >= 15 is 0 Å². The van der Waals surface area contributed by atoms with Gasteiger partial charge in [-0.25, -0.2) is 4.79 Å². The number of nitrogens with two attached hydrogens (primary N) is 1. The molecule has 0 bridgehead atoms. The second-order valence-corrected chi connectivity index (χ2v) is 5.80. The molecule has 28 heavy (non-hydrogen) atoms. The van der Waals surface area contributed by atoms with Crippen LogP contribution in [-0.2, 0) is 11.3 Å². The number of aryl methyl sites for hydroxylation is 1. The molecule has 0 aliphatic heterocycles. The van der Waals surface area contributed by atoms with Crippen molar-refractivity contribution >= 4 is 17.6 Å². The van der Waals surface area contributed by atoms with Crippen molar-refractivity contribution in [1.29, 1.82) is 0 Å². The summed E-state index contributed by atoms with van der Waals surface area (Å²) in [5, 5.41) is 19.5. The summed E-state index contributed by atoms with van der Waals surface area (Å²) in [6, 6.07) is 12.7. The van der Waals surface area contributed by atoms with Crippen molar-refractivity contribution in [2.24, 2.45) is 5.73 Å². The first-order valence-electron chi connectivity index (χ1n) is 8.10. The summed E-state index contributed by atoms with van der Waals surface area (Å²) < 4.78 is 5.16. The number of nitro benzene ring substituents is 1. The molecule has 2 aromatic carbocycles. The molecule has 3 aromatic rings. The van der Waals surface area contributed by atoms with Crippen LogP contribution in [0.4, 0.5) is 5.69 Å². The van der Waals surface area contributed by atoms with Crippen molar-refractivity contribution in [3.8, 4) is 5.69 Å². The number of esters is 1. The Labute approximate surface area is 158 Å². The van der Waals surface area contributed by atoms with Crippen LogP contribution in [0.2, 0.25) is 0 Å². The zero-order valence-corrected chi connectivity index (χ0v) is 14.7. The number of rotatable bonds is 6. The van der Waals surface area contributed by atoms with Crippen LogP contribution in [0.25, 0.3) is 5.69 Å². The highest BCUT2D eigenvalue weighted by Gasteiger charge is 2.21. The molecule has 1 heterocycles. The fourth-order valence-corrected chi connectivity index (χ4v) is 2.47. The number of para-hydroxylation sites is 1. The molecule has 0 saturated heterocycles. The molecule has 2 N–H and O–H groups in total. The lowest BCUT2D eigenvalue weighted by molar-refractivity contribution is -0.385. The second kappa shape index (κ2) is 7.66. The van der Waals surface area contributed by atoms with Gasteiger partial charge >= 0.3 is 5.97 Å². The van der Waals surface area contributed by atoms with Gasteiger partial charge in [0.15, 0.2) is 5.69 Å². The van der Waals surface area contributed by atoms with E-state index in [-0.39, 0.29) is 29.1 Å². The first-order chi connectivity index (χ1) is 13.4. The number of ether oxygens (including phenoxy) is 1. The average molecular weight is 381 g/mol. The van der Waals surface area contributed by atoms with E-state index < -0.39 is 16.8 Å². The minimum absolute atomic E-state index is 0.000243. The largest absolute Gasteiger partial charge is 0.456 e. The first-order valence-corrected chi connectivity index (χ1v) is 8.10. The molecule has 0 fully saturated rings. The van der Waals surface area contributed by atoms with E-state index in [2.05, 4.69) is 10.2 Å². The van der Waals surface area contributed by atoms with Gasteiger partial charge in [-0.2, -0.15) is 9.90 Å². The van der Waals surface area contributed by atoms with E-state index in [0.29, 0.717) is 11.4 Å². The molecule has 0 atom stereocenters. The van der Waals surface area contributed by atoms with Gasteiger partial charge in [0, 0.05) is 11.6 Å². The molecular weight excluding hydrogens is 366 g/mol. The summed E-state index contributed by atoms with van der Waals surface area (Å²) in [4.78, 5) is 35.4. The van der Waals surface area contributed by atoms with Gasteiger partial charge < -0.3 is 10.5 Å². The number of carbonyl (C=O) groups excluding carboxylic acids is 2. The van der Waals surface area contributed by atoms with E-state index in [0.717, 1.165) is 6.07 Å². The van der Waals surface area contributed by atoms with E-state index in [1.807, 2.05) is 6.07 Å². The smallest absolute Gasteiger partial charge is 0.361 e. The normalized spacial score (nSPS) is 10.5. The van der Waals surface area contributed by atoms with Gasteiger partial charge in [0.2, 0.25) is 5.91 Å². The van der Waals surface area contributed by atoms with Gasteiger partial charge in [-0.15, -0.1) is 5.10 Å². The summed E-state index contributed by atoms with van der Waals surface area (Å²) >= 11 is 0. The molecule has 0 aliphatic carbocycles. The monoisotopic (exact) mass is 381 g/mol. The third kappa shape index (κ3) is 3.85. The number of nitro groups is 1. The summed E-state index contributed by atoms with van der Waals surface area (Å²) in [7, 11) is 0. The fraction of sp³-hybridized carbons (Fsp3) is 0.111. The molecule has 142 valence electrons. The van der Waals surface area contributed by atoms with Crippen LogP contribution >= 0.6 is 0 Å². The molecule has 3 rings (SSSR count). The predicted octanol–water partition coefficient (Wildman–Crippen LogP) is 1.94. The van der Waals surface area contributed by atoms with Crippen molar-refractivity contribution in [2.75, 3.05) is 0 Å². The summed E-state index contributed by atoms with van der Waals surface area (Å²) in [6.07, 6.45) is 0. The quantitative estimate of drug-likeness (QED) is 0.390. The Hall–Kier alpha value is -4.08. The molecule has 1 amide bonds. The maximum atomic E-state index is 12.4. The molecule has 1 aromatic heterocycles. The van der Waals surface area contributed by atoms with E-state index in [9.17, 15) is 19.7 Å². The van der Waals surface area contributed by atoms with Gasteiger partial charge in [0.05, 0.1) is 21.9 Å². The van der Waals surface area contributed by atoms with Crippen LogP contribution in [0.5, 0.6) is 0 Å². The second-order valence-electron chi connectivity index (χ2n) is 5.80. The van der Waals surface area contributed by atoms with Crippen molar-refractivity contribution in [3.05, 3.63) is 81.2 Å². The summed E-state index contributed by atoms with van der Waals surface area (Å²) in [5.74, 6) is -1.56. The number of primary amides is 1. The van der Waals surface area contributed by atoms with Crippen molar-refractivity contribution < 1.29 is 19.2 Å². The highest BCUT2D eigenvalue weighted by atomic mass is 16.6. The lowest BCUT2D eigenvalue weighted by Gasteiger charge is -2.05. The lowest BCUT2D eigenvalue weighted by Crippen LogP contribution is -2.13. The standard InChI is InChI=1S/C18H15N5O5/c1-11-16(21-22(20-11)14-5-3-2-4-6-14)18(25)28-10-13-8-7-12(17(19)24)9-15(13)23(26)27/h2-9H,10H2,1H3,(H2,19,24). The average Bonchev–Trinajstić information content (AvgIpc) is 3.08. The van der Waals surface area contributed by atoms with Crippen LogP contribution in [0, 0.1) is 17.0 Å². The van der Waals surface area contributed by atoms with Crippen molar-refractivity contribution in [2.45, 2.75) is 13.5 Å². The number of hydrogen-bond donors (Lipinski definition) is 1. The molecule has 10 heteroatoms. The van der Waals surface area contributed by atoms with Crippen LogP contribution < -0.4 is 5.73 Å². The van der Waals surface area contributed by atoms with Crippen LogP contribution in [0.15, 0.2) is 48.5 Å². The molecule has 0 spiro atoms. The Morgan fingerprint density at radius 3 is 2.54 bits per heavy atom. The highest BCUT2D eigenvalue weighted by Crippen LogP contribution is 2.22. The number of carbonyl (C=O) groups is 2. The van der Waals surface area contributed by atoms with Gasteiger partial charge in [0.25, 0.3) is 5.69 Å². The van der Waals surface area contributed by atoms with E-state index in [1.165, 1.54) is 16.9 Å². The number of amides is 1. The zero-order valence-electron chi connectivity index (χ0n) is 14.7. The SMILES string of the molecule is Cc1nn(-c2ccccc2)nc1C(=O)OCc1ccc(C(N)=O)cc1[N+](=O)[O-]. The van der Waals surface area contributed by atoms with Gasteiger partial charge in [0.1, 0.15) is 6.61 Å². The molecule has 0 saturated carbocycles. The minimum Gasteiger partial charge on any atom is -0.456 e. The number of nitrogens with zero attached hydrogens (tertiary/aromatic N) is 4. The lowest BCUT2D eigenvalue weighted by atomic mass is 10.1. The number of aromatic nitrogens is 3. The molecular formula is C18H15N5O5. The van der Waals surface area contributed by atoms with E-state index in [4.69, 9.17) is 10.5 Å². The predicted molar refractivity (Wildman–Crippen MR) is 96.8 cm³/mol. The number of hydrogen-bond acceptors (Lipinski definition) is 7. The Morgan fingerprint density at radius 1 is 1.18 bits per heavy atom. The molecule has 0 unspecified atom stereocenters. The van der Waals surface area contributed by atoms with Crippen molar-refractivity contribution in [1.82, 2.24) is 15.0 Å². The minimum atomic E-state index is -0.792. The molecule has 0 radical (unpaired) electrons. The summed E-state index contributed by atoms with van der Waals surface area (Å²) in [5.41, 5.74) is 5.90. The highest BCUT2D eigenvalue weighted by molar-refractivity contribution is 5.93. The Bertz CT molecular complexity index is 1060. The Kier molecular flexibility index (Phi) is 5.12. The van der Waals surface area contributed by atoms with Gasteiger partial charge in [-0.1, -0.05) is 18.2 Å². The Morgan fingerprint density at radius 2 is 1.89 bits per heavy atom. The molecule has 0 aliphatic rings.